The molecule has 0 atom stereocenters. The van der Waals surface area contributed by atoms with Crippen LogP contribution in [0.4, 0.5) is 0 Å². The van der Waals surface area contributed by atoms with E-state index in [-0.39, 0.29) is 5.91 Å². The molecule has 0 aromatic rings. The summed E-state index contributed by atoms with van der Waals surface area (Å²) in [6.45, 7) is 1.34. The molecule has 0 bridgehead atoms. The van der Waals surface area contributed by atoms with Gasteiger partial charge in [-0.3, -0.25) is 4.79 Å². The topological polar surface area (TPSA) is 20.3 Å². The van der Waals surface area contributed by atoms with Crippen LogP contribution in [0.15, 0.2) is 0 Å². The van der Waals surface area contributed by atoms with E-state index in [1.807, 2.05) is 0 Å². The van der Waals surface area contributed by atoms with E-state index in [1.54, 1.807) is 4.90 Å². The first-order valence-corrected chi connectivity index (χ1v) is 3.06. The van der Waals surface area contributed by atoms with Crippen LogP contribution in [-0.2, 0) is 4.79 Å². The summed E-state index contributed by atoms with van der Waals surface area (Å²) >= 11 is 0. The number of hydrogen-bond donors (Lipinski definition) is 0. The Balaban J connectivity index is 2.42. The molecule has 0 unspecified atom stereocenters. The van der Waals surface area contributed by atoms with Crippen LogP contribution in [0, 0.1) is 12.3 Å². The molecule has 1 rings (SSSR count). The average Bonchev–Trinajstić information content (AvgIpc) is 2.18. The largest absolute Gasteiger partial charge is 0.332 e. The van der Waals surface area contributed by atoms with Crippen molar-refractivity contribution in [1.29, 1.82) is 0 Å². The molecule has 1 saturated heterocycles. The molecular weight excluding hydrogens is 114 g/mol. The highest BCUT2D eigenvalue weighted by molar-refractivity contribution is 5.78. The minimum Gasteiger partial charge on any atom is -0.332 e. The van der Waals surface area contributed by atoms with Crippen molar-refractivity contribution >= 4 is 5.91 Å². The number of likely N-dealkylation sites (tertiary alicyclic amines) is 1. The first-order chi connectivity index (χ1) is 4.34. The number of carbonyl (C=O) groups is 1. The monoisotopic (exact) mass is 123 g/mol. The number of nitrogens with zero attached hydrogens (tertiary/aromatic N) is 1. The van der Waals surface area contributed by atoms with Gasteiger partial charge >= 0.3 is 0 Å². The summed E-state index contributed by atoms with van der Waals surface area (Å²) in [5.74, 6) is 2.65. The molecule has 0 spiro atoms. The predicted octanol–water partition coefficient (Wildman–Crippen LogP) is 0.242. The summed E-state index contributed by atoms with van der Waals surface area (Å²) in [5, 5.41) is 0. The third-order valence-corrected chi connectivity index (χ3v) is 1.45. The fourth-order valence-electron chi connectivity index (χ4n) is 0.981. The first kappa shape index (κ1) is 6.15. The van der Waals surface area contributed by atoms with Gasteiger partial charge < -0.3 is 4.90 Å². The molecule has 0 aromatic heterocycles. The van der Waals surface area contributed by atoms with E-state index in [2.05, 4.69) is 5.92 Å². The van der Waals surface area contributed by atoms with Gasteiger partial charge in [0, 0.05) is 13.0 Å². The molecule has 2 heteroatoms. The second-order valence-corrected chi connectivity index (χ2v) is 2.12. The Bertz CT molecular complexity index is 157. The van der Waals surface area contributed by atoms with Gasteiger partial charge in [-0.05, 0) is 6.42 Å². The average molecular weight is 123 g/mol. The van der Waals surface area contributed by atoms with Crippen molar-refractivity contribution in [3.63, 3.8) is 0 Å². The van der Waals surface area contributed by atoms with Crippen molar-refractivity contribution in [3.05, 3.63) is 0 Å². The van der Waals surface area contributed by atoms with E-state index < -0.39 is 0 Å². The van der Waals surface area contributed by atoms with E-state index >= 15 is 0 Å². The van der Waals surface area contributed by atoms with Crippen molar-refractivity contribution < 1.29 is 4.79 Å². The molecule has 1 fully saturated rings. The minimum absolute atomic E-state index is 0.202. The molecular formula is C7H9NO. The van der Waals surface area contributed by atoms with Gasteiger partial charge in [0.2, 0.25) is 5.91 Å². The van der Waals surface area contributed by atoms with Crippen molar-refractivity contribution in [2.75, 3.05) is 13.1 Å². The maximum Gasteiger partial charge on any atom is 0.223 e. The van der Waals surface area contributed by atoms with Crippen LogP contribution in [0.2, 0.25) is 0 Å². The third-order valence-electron chi connectivity index (χ3n) is 1.45. The Morgan fingerprint density at radius 1 is 1.78 bits per heavy atom. The van der Waals surface area contributed by atoms with Crippen LogP contribution >= 0.6 is 0 Å². The standard InChI is InChI=1S/C7H9NO/c1-2-5-8-6-3-4-7(8)9/h1H,3-6H2. The summed E-state index contributed by atoms with van der Waals surface area (Å²) in [6.07, 6.45) is 6.68. The fraction of sp³-hybridized carbons (Fsp3) is 0.571. The van der Waals surface area contributed by atoms with Gasteiger partial charge in [0.05, 0.1) is 6.54 Å². The van der Waals surface area contributed by atoms with Crippen molar-refractivity contribution in [3.8, 4) is 12.3 Å². The first-order valence-electron chi connectivity index (χ1n) is 3.06. The van der Waals surface area contributed by atoms with Gasteiger partial charge in [-0.25, -0.2) is 0 Å². The second kappa shape index (κ2) is 2.54. The molecule has 0 radical (unpaired) electrons. The van der Waals surface area contributed by atoms with E-state index in [1.165, 1.54) is 0 Å². The van der Waals surface area contributed by atoms with E-state index in [4.69, 9.17) is 6.42 Å². The molecule has 0 saturated carbocycles. The molecule has 0 N–H and O–H groups in total. The summed E-state index contributed by atoms with van der Waals surface area (Å²) in [7, 11) is 0. The van der Waals surface area contributed by atoms with Crippen LogP contribution < -0.4 is 0 Å². The van der Waals surface area contributed by atoms with E-state index in [0.717, 1.165) is 13.0 Å². The smallest absolute Gasteiger partial charge is 0.223 e. The summed E-state index contributed by atoms with van der Waals surface area (Å²) in [4.78, 5) is 12.5. The molecule has 1 aliphatic heterocycles. The Labute approximate surface area is 54.8 Å². The molecule has 1 aliphatic rings. The molecule has 2 nitrogen and oxygen atoms in total. The molecule has 0 aliphatic carbocycles. The summed E-state index contributed by atoms with van der Waals surface area (Å²) < 4.78 is 0. The van der Waals surface area contributed by atoms with Gasteiger partial charge in [0.15, 0.2) is 0 Å². The third kappa shape index (κ3) is 1.23. The lowest BCUT2D eigenvalue weighted by molar-refractivity contribution is -0.127. The van der Waals surface area contributed by atoms with Gasteiger partial charge in [-0.2, -0.15) is 0 Å². The Morgan fingerprint density at radius 3 is 3.00 bits per heavy atom. The zero-order valence-corrected chi connectivity index (χ0v) is 5.26. The molecule has 48 valence electrons. The van der Waals surface area contributed by atoms with E-state index in [9.17, 15) is 4.79 Å². The number of carbonyl (C=O) groups excluding carboxylic acids is 1. The highest BCUT2D eigenvalue weighted by Crippen LogP contribution is 2.07. The van der Waals surface area contributed by atoms with Crippen molar-refractivity contribution in [2.45, 2.75) is 12.8 Å². The lowest BCUT2D eigenvalue weighted by Crippen LogP contribution is -2.24. The molecule has 1 heterocycles. The number of rotatable bonds is 1. The molecule has 1 amide bonds. The van der Waals surface area contributed by atoms with Gasteiger partial charge in [0.1, 0.15) is 0 Å². The summed E-state index contributed by atoms with van der Waals surface area (Å²) in [5.41, 5.74) is 0. The second-order valence-electron chi connectivity index (χ2n) is 2.12. The fourth-order valence-corrected chi connectivity index (χ4v) is 0.981. The zero-order valence-electron chi connectivity index (χ0n) is 5.26. The molecule has 9 heavy (non-hydrogen) atoms. The zero-order chi connectivity index (χ0) is 6.69. The highest BCUT2D eigenvalue weighted by Gasteiger charge is 2.17. The summed E-state index contributed by atoms with van der Waals surface area (Å²) in [6, 6.07) is 0. The maximum absolute atomic E-state index is 10.8. The van der Waals surface area contributed by atoms with E-state index in [0.29, 0.717) is 13.0 Å². The highest BCUT2D eigenvalue weighted by atomic mass is 16.2. The van der Waals surface area contributed by atoms with Crippen LogP contribution in [0.25, 0.3) is 0 Å². The van der Waals surface area contributed by atoms with Crippen molar-refractivity contribution in [1.82, 2.24) is 4.90 Å². The number of hydrogen-bond acceptors (Lipinski definition) is 1. The maximum atomic E-state index is 10.8. The van der Waals surface area contributed by atoms with Crippen molar-refractivity contribution in [2.24, 2.45) is 0 Å². The lowest BCUT2D eigenvalue weighted by atomic mass is 10.4. The number of amides is 1. The minimum atomic E-state index is 0.202. The SMILES string of the molecule is C#CCN1CCCC1=O. The van der Waals surface area contributed by atoms with Crippen LogP contribution in [0.1, 0.15) is 12.8 Å². The Morgan fingerprint density at radius 2 is 2.56 bits per heavy atom. The van der Waals surface area contributed by atoms with Gasteiger partial charge in [0.25, 0.3) is 0 Å². The van der Waals surface area contributed by atoms with Crippen LogP contribution in [0.5, 0.6) is 0 Å². The quantitative estimate of drug-likeness (QED) is 0.457. The Hall–Kier alpha value is -0.970. The Kier molecular flexibility index (Phi) is 1.74. The lowest BCUT2D eigenvalue weighted by Gasteiger charge is -2.09. The normalized spacial score (nSPS) is 18.1. The van der Waals surface area contributed by atoms with Gasteiger partial charge in [-0.1, -0.05) is 5.92 Å². The van der Waals surface area contributed by atoms with Crippen LogP contribution in [0.3, 0.4) is 0 Å². The molecule has 0 aromatic carbocycles. The number of terminal acetylenes is 1. The van der Waals surface area contributed by atoms with Crippen LogP contribution in [-0.4, -0.2) is 23.9 Å². The van der Waals surface area contributed by atoms with Gasteiger partial charge in [-0.15, -0.1) is 6.42 Å². The predicted molar refractivity (Wildman–Crippen MR) is 34.6 cm³/mol.